The second kappa shape index (κ2) is 5.16. The molecule has 1 aromatic carbocycles. The molecule has 1 aromatic rings. The van der Waals surface area contributed by atoms with Crippen molar-refractivity contribution in [2.75, 3.05) is 0 Å². The van der Waals surface area contributed by atoms with E-state index in [9.17, 15) is 22.4 Å². The highest BCUT2D eigenvalue weighted by molar-refractivity contribution is 5.83. The second-order valence-corrected chi connectivity index (χ2v) is 3.59. The Morgan fingerprint density at radius 1 is 1.29 bits per heavy atom. The topological polar surface area (TPSA) is 29.1 Å². The number of rotatable bonds is 4. The van der Waals surface area contributed by atoms with Gasteiger partial charge in [-0.05, 0) is 12.5 Å². The zero-order valence-corrected chi connectivity index (χ0v) is 9.01. The van der Waals surface area contributed by atoms with E-state index in [1.807, 2.05) is 6.92 Å². The summed E-state index contributed by atoms with van der Waals surface area (Å²) in [6.07, 6.45) is -4.00. The number of amides is 1. The first-order valence-corrected chi connectivity index (χ1v) is 4.84. The van der Waals surface area contributed by atoms with Crippen LogP contribution in [0, 0.1) is 6.92 Å². The molecule has 17 heavy (non-hydrogen) atoms. The van der Waals surface area contributed by atoms with Crippen LogP contribution in [0.15, 0.2) is 24.3 Å². The van der Waals surface area contributed by atoms with Crippen LogP contribution < -0.4 is 5.32 Å². The summed E-state index contributed by atoms with van der Waals surface area (Å²) in [6, 6.07) is 6.70. The standard InChI is InChI=1S/C11H11F4NO/c1-7-2-4-8(5-3-7)6-16-10(17)11(14,15)9(12)13/h2-5,9H,6H2,1H3,(H,16,17). The average molecular weight is 249 g/mol. The van der Waals surface area contributed by atoms with Crippen molar-refractivity contribution in [1.29, 1.82) is 0 Å². The molecule has 0 heterocycles. The summed E-state index contributed by atoms with van der Waals surface area (Å²) < 4.78 is 48.8. The largest absolute Gasteiger partial charge is 0.383 e. The molecule has 0 aliphatic heterocycles. The number of hydrogen-bond acceptors (Lipinski definition) is 1. The van der Waals surface area contributed by atoms with Gasteiger partial charge < -0.3 is 5.32 Å². The van der Waals surface area contributed by atoms with Crippen molar-refractivity contribution in [2.45, 2.75) is 25.8 Å². The van der Waals surface area contributed by atoms with E-state index in [0.717, 1.165) is 5.56 Å². The summed E-state index contributed by atoms with van der Waals surface area (Å²) >= 11 is 0. The van der Waals surface area contributed by atoms with E-state index in [2.05, 4.69) is 0 Å². The molecule has 1 N–H and O–H groups in total. The van der Waals surface area contributed by atoms with E-state index in [-0.39, 0.29) is 6.54 Å². The third-order valence-corrected chi connectivity index (χ3v) is 2.15. The van der Waals surface area contributed by atoms with Crippen molar-refractivity contribution in [3.05, 3.63) is 35.4 Å². The number of benzene rings is 1. The Hall–Kier alpha value is -1.59. The van der Waals surface area contributed by atoms with Gasteiger partial charge in [-0.3, -0.25) is 4.79 Å². The lowest BCUT2D eigenvalue weighted by Crippen LogP contribution is -2.44. The first-order chi connectivity index (χ1) is 7.84. The Bertz CT molecular complexity index is 389. The van der Waals surface area contributed by atoms with E-state index in [0.29, 0.717) is 5.56 Å². The molecular formula is C11H11F4NO. The smallest absolute Gasteiger partial charge is 0.347 e. The van der Waals surface area contributed by atoms with Gasteiger partial charge >= 0.3 is 12.3 Å². The number of aryl methyl sites for hydroxylation is 1. The van der Waals surface area contributed by atoms with Crippen molar-refractivity contribution >= 4 is 5.91 Å². The van der Waals surface area contributed by atoms with Crippen LogP contribution in [0.5, 0.6) is 0 Å². The Labute approximate surface area is 95.6 Å². The number of alkyl halides is 4. The van der Waals surface area contributed by atoms with Gasteiger partial charge in [0.25, 0.3) is 5.91 Å². The maximum absolute atomic E-state index is 12.5. The van der Waals surface area contributed by atoms with Crippen molar-refractivity contribution in [3.63, 3.8) is 0 Å². The Morgan fingerprint density at radius 3 is 2.29 bits per heavy atom. The number of carbonyl (C=O) groups is 1. The molecule has 0 aliphatic carbocycles. The lowest BCUT2D eigenvalue weighted by molar-refractivity contribution is -0.169. The molecule has 0 bridgehead atoms. The van der Waals surface area contributed by atoms with E-state index in [1.165, 1.54) is 0 Å². The molecule has 6 heteroatoms. The van der Waals surface area contributed by atoms with Crippen LogP contribution in [0.2, 0.25) is 0 Å². The van der Waals surface area contributed by atoms with E-state index < -0.39 is 18.3 Å². The number of carbonyl (C=O) groups excluding carboxylic acids is 1. The fraction of sp³-hybridized carbons (Fsp3) is 0.364. The summed E-state index contributed by atoms with van der Waals surface area (Å²) in [5.41, 5.74) is 1.53. The first-order valence-electron chi connectivity index (χ1n) is 4.84. The molecule has 0 spiro atoms. The van der Waals surface area contributed by atoms with Gasteiger partial charge in [0, 0.05) is 6.54 Å². The molecule has 2 nitrogen and oxygen atoms in total. The molecular weight excluding hydrogens is 238 g/mol. The molecule has 1 amide bonds. The highest BCUT2D eigenvalue weighted by Gasteiger charge is 2.48. The minimum Gasteiger partial charge on any atom is -0.347 e. The average Bonchev–Trinajstić information content (AvgIpc) is 2.27. The molecule has 94 valence electrons. The van der Waals surface area contributed by atoms with Crippen molar-refractivity contribution in [3.8, 4) is 0 Å². The summed E-state index contributed by atoms with van der Waals surface area (Å²) in [5, 5.41) is 1.77. The predicted molar refractivity (Wildman–Crippen MR) is 54.0 cm³/mol. The summed E-state index contributed by atoms with van der Waals surface area (Å²) in [7, 11) is 0. The molecule has 0 saturated heterocycles. The van der Waals surface area contributed by atoms with Gasteiger partial charge in [-0.15, -0.1) is 0 Å². The highest BCUT2D eigenvalue weighted by Crippen LogP contribution is 2.22. The van der Waals surface area contributed by atoms with Crippen molar-refractivity contribution in [1.82, 2.24) is 5.32 Å². The third-order valence-electron chi connectivity index (χ3n) is 2.15. The van der Waals surface area contributed by atoms with E-state index >= 15 is 0 Å². The minimum absolute atomic E-state index is 0.207. The summed E-state index contributed by atoms with van der Waals surface area (Å²) in [6.45, 7) is 1.63. The van der Waals surface area contributed by atoms with Crippen LogP contribution in [0.25, 0.3) is 0 Å². The van der Waals surface area contributed by atoms with Gasteiger partial charge in [-0.1, -0.05) is 29.8 Å². The molecule has 1 rings (SSSR count). The molecule has 0 unspecified atom stereocenters. The van der Waals surface area contributed by atoms with Gasteiger partial charge in [-0.25, -0.2) is 8.78 Å². The van der Waals surface area contributed by atoms with Crippen LogP contribution >= 0.6 is 0 Å². The quantitative estimate of drug-likeness (QED) is 0.816. The number of hydrogen-bond donors (Lipinski definition) is 1. The fourth-order valence-corrected chi connectivity index (χ4v) is 1.11. The maximum Gasteiger partial charge on any atom is 0.383 e. The predicted octanol–water partition coefficient (Wildman–Crippen LogP) is 2.51. The monoisotopic (exact) mass is 249 g/mol. The Morgan fingerprint density at radius 2 is 1.82 bits per heavy atom. The highest BCUT2D eigenvalue weighted by atomic mass is 19.3. The van der Waals surface area contributed by atoms with E-state index in [4.69, 9.17) is 0 Å². The van der Waals surface area contributed by atoms with Gasteiger partial charge in [0.05, 0.1) is 0 Å². The molecule has 0 radical (unpaired) electrons. The van der Waals surface area contributed by atoms with Gasteiger partial charge in [0.15, 0.2) is 0 Å². The fourth-order valence-electron chi connectivity index (χ4n) is 1.11. The van der Waals surface area contributed by atoms with Crippen LogP contribution in [-0.2, 0) is 11.3 Å². The van der Waals surface area contributed by atoms with Crippen LogP contribution in [0.1, 0.15) is 11.1 Å². The molecule has 0 aliphatic rings. The van der Waals surface area contributed by atoms with Crippen LogP contribution in [-0.4, -0.2) is 18.3 Å². The van der Waals surface area contributed by atoms with Gasteiger partial charge in [0.1, 0.15) is 0 Å². The van der Waals surface area contributed by atoms with Crippen LogP contribution in [0.4, 0.5) is 17.6 Å². The molecule has 0 fully saturated rings. The maximum atomic E-state index is 12.5. The first kappa shape index (κ1) is 13.5. The lowest BCUT2D eigenvalue weighted by atomic mass is 10.1. The SMILES string of the molecule is Cc1ccc(CNC(=O)C(F)(F)C(F)F)cc1. The van der Waals surface area contributed by atoms with Crippen LogP contribution in [0.3, 0.4) is 0 Å². The molecule has 0 saturated carbocycles. The van der Waals surface area contributed by atoms with Crippen molar-refractivity contribution in [2.24, 2.45) is 0 Å². The van der Waals surface area contributed by atoms with Gasteiger partial charge in [0.2, 0.25) is 0 Å². The molecule has 0 aromatic heterocycles. The third kappa shape index (κ3) is 3.44. The zero-order valence-electron chi connectivity index (χ0n) is 9.01. The Kier molecular flexibility index (Phi) is 4.09. The molecule has 0 atom stereocenters. The number of halogens is 4. The minimum atomic E-state index is -4.65. The second-order valence-electron chi connectivity index (χ2n) is 3.59. The van der Waals surface area contributed by atoms with Gasteiger partial charge in [-0.2, -0.15) is 8.78 Å². The number of nitrogens with one attached hydrogen (secondary N) is 1. The Balaban J connectivity index is 2.57. The van der Waals surface area contributed by atoms with Crippen molar-refractivity contribution < 1.29 is 22.4 Å². The summed E-state index contributed by atoms with van der Waals surface area (Å²) in [5.74, 6) is -6.61. The lowest BCUT2D eigenvalue weighted by Gasteiger charge is -2.14. The van der Waals surface area contributed by atoms with E-state index in [1.54, 1.807) is 29.6 Å². The summed E-state index contributed by atoms with van der Waals surface area (Å²) in [4.78, 5) is 10.8. The normalized spacial score (nSPS) is 11.6. The zero-order chi connectivity index (χ0) is 13.1.